The smallest absolute Gasteiger partial charge is 0.134 e. The number of benzene rings is 1. The molecule has 6 heteroatoms. The molecule has 1 aromatic carbocycles. The van der Waals surface area contributed by atoms with Gasteiger partial charge in [0.2, 0.25) is 0 Å². The summed E-state index contributed by atoms with van der Waals surface area (Å²) in [7, 11) is 0. The number of aromatic nitrogens is 4. The van der Waals surface area contributed by atoms with Gasteiger partial charge in [-0.05, 0) is 36.6 Å². The van der Waals surface area contributed by atoms with Crippen LogP contribution in [0.1, 0.15) is 48.3 Å². The molecular formula is C23H25N5O. The first-order valence-electron chi connectivity index (χ1n) is 10.4. The van der Waals surface area contributed by atoms with Crippen LogP contribution < -0.4 is 5.32 Å². The molecule has 0 unspecified atom stereocenters. The first kappa shape index (κ1) is 18.1. The lowest BCUT2D eigenvalue weighted by molar-refractivity contribution is 0.466. The van der Waals surface area contributed by atoms with Gasteiger partial charge >= 0.3 is 0 Å². The van der Waals surface area contributed by atoms with Crippen LogP contribution in [0.15, 0.2) is 59.3 Å². The van der Waals surface area contributed by atoms with Crippen molar-refractivity contribution in [2.45, 2.75) is 44.7 Å². The standard InChI is InChI=1S/C23H25N5O/c1-2-10-21-26-27-22(28(21)14-5-1)11-13-25-23(18-8-6-12-24-16-18)20-15-17-7-3-4-9-19(17)29-20/h3-4,6-9,12,15-16,23,25H,1-2,5,10-11,13-14H2/t23-/m1/s1. The van der Waals surface area contributed by atoms with Crippen molar-refractivity contribution < 1.29 is 4.42 Å². The molecule has 1 N–H and O–H groups in total. The zero-order chi connectivity index (χ0) is 19.5. The monoisotopic (exact) mass is 387 g/mol. The first-order chi connectivity index (χ1) is 14.4. The molecule has 0 saturated carbocycles. The van der Waals surface area contributed by atoms with Crippen molar-refractivity contribution in [1.29, 1.82) is 0 Å². The second kappa shape index (κ2) is 8.17. The van der Waals surface area contributed by atoms with E-state index in [0.29, 0.717) is 0 Å². The van der Waals surface area contributed by atoms with Gasteiger partial charge < -0.3 is 14.3 Å². The van der Waals surface area contributed by atoms with Crippen LogP contribution in [0.5, 0.6) is 0 Å². The van der Waals surface area contributed by atoms with Crippen LogP contribution in [0.2, 0.25) is 0 Å². The highest BCUT2D eigenvalue weighted by atomic mass is 16.3. The van der Waals surface area contributed by atoms with Crippen molar-refractivity contribution in [3.63, 3.8) is 0 Å². The number of nitrogens with one attached hydrogen (secondary N) is 1. The summed E-state index contributed by atoms with van der Waals surface area (Å²) < 4.78 is 8.47. The van der Waals surface area contributed by atoms with Crippen molar-refractivity contribution in [1.82, 2.24) is 25.1 Å². The molecule has 0 amide bonds. The number of pyridine rings is 1. The number of para-hydroxylation sites is 1. The van der Waals surface area contributed by atoms with Crippen molar-refractivity contribution in [2.75, 3.05) is 6.54 Å². The molecule has 4 heterocycles. The van der Waals surface area contributed by atoms with Gasteiger partial charge in [-0.2, -0.15) is 0 Å². The molecule has 1 aliphatic rings. The topological polar surface area (TPSA) is 68.8 Å². The number of fused-ring (bicyclic) bond motifs is 2. The minimum absolute atomic E-state index is 0.0531. The Bertz CT molecular complexity index is 1050. The van der Waals surface area contributed by atoms with Crippen LogP contribution in [0.25, 0.3) is 11.0 Å². The molecule has 29 heavy (non-hydrogen) atoms. The Kier molecular flexibility index (Phi) is 5.09. The highest BCUT2D eigenvalue weighted by molar-refractivity contribution is 5.77. The summed E-state index contributed by atoms with van der Waals surface area (Å²) in [6.45, 7) is 1.82. The third-order valence-corrected chi connectivity index (χ3v) is 5.63. The number of hydrogen-bond donors (Lipinski definition) is 1. The number of nitrogens with zero attached hydrogens (tertiary/aromatic N) is 4. The predicted octanol–water partition coefficient (Wildman–Crippen LogP) is 4.07. The zero-order valence-electron chi connectivity index (χ0n) is 16.4. The van der Waals surface area contributed by atoms with Gasteiger partial charge in [-0.15, -0.1) is 10.2 Å². The van der Waals surface area contributed by atoms with Crippen LogP contribution in [-0.2, 0) is 19.4 Å². The van der Waals surface area contributed by atoms with Gasteiger partial charge in [0.1, 0.15) is 23.0 Å². The fourth-order valence-corrected chi connectivity index (χ4v) is 4.13. The molecule has 0 fully saturated rings. The molecule has 4 aromatic rings. The van der Waals surface area contributed by atoms with Crippen molar-refractivity contribution in [3.05, 3.63) is 77.8 Å². The summed E-state index contributed by atoms with van der Waals surface area (Å²) in [6.07, 6.45) is 9.27. The molecule has 0 radical (unpaired) electrons. The van der Waals surface area contributed by atoms with Gasteiger partial charge in [0.05, 0.1) is 6.04 Å². The Hall–Kier alpha value is -2.99. The van der Waals surface area contributed by atoms with Crippen LogP contribution in [-0.4, -0.2) is 26.3 Å². The molecule has 148 valence electrons. The minimum Gasteiger partial charge on any atom is -0.459 e. The first-order valence-corrected chi connectivity index (χ1v) is 10.4. The molecule has 6 nitrogen and oxygen atoms in total. The molecule has 5 rings (SSSR count). The molecule has 1 atom stereocenters. The van der Waals surface area contributed by atoms with Crippen molar-refractivity contribution >= 4 is 11.0 Å². The van der Waals surface area contributed by atoms with Crippen LogP contribution >= 0.6 is 0 Å². The Morgan fingerprint density at radius 2 is 2.03 bits per heavy atom. The summed E-state index contributed by atoms with van der Waals surface area (Å²) in [6, 6.07) is 14.2. The maximum atomic E-state index is 6.16. The van der Waals surface area contributed by atoms with Crippen LogP contribution in [0.3, 0.4) is 0 Å². The average molecular weight is 387 g/mol. The van der Waals surface area contributed by atoms with E-state index in [1.165, 1.54) is 19.3 Å². The fraction of sp³-hybridized carbons (Fsp3) is 0.348. The zero-order valence-corrected chi connectivity index (χ0v) is 16.4. The van der Waals surface area contributed by atoms with Gasteiger partial charge in [0.25, 0.3) is 0 Å². The maximum Gasteiger partial charge on any atom is 0.134 e. The Labute approximate surface area is 170 Å². The van der Waals surface area contributed by atoms with Gasteiger partial charge in [-0.25, -0.2) is 0 Å². The lowest BCUT2D eigenvalue weighted by atomic mass is 10.1. The number of aryl methyl sites for hydroxylation is 1. The third-order valence-electron chi connectivity index (χ3n) is 5.63. The van der Waals surface area contributed by atoms with E-state index in [2.05, 4.69) is 43.3 Å². The normalized spacial score (nSPS) is 15.2. The minimum atomic E-state index is -0.0531. The van der Waals surface area contributed by atoms with Crippen molar-refractivity contribution in [2.24, 2.45) is 0 Å². The van der Waals surface area contributed by atoms with Crippen LogP contribution in [0.4, 0.5) is 0 Å². The van der Waals surface area contributed by atoms with Gasteiger partial charge in [-0.1, -0.05) is 30.7 Å². The van der Waals surface area contributed by atoms with E-state index in [-0.39, 0.29) is 6.04 Å². The van der Waals surface area contributed by atoms with E-state index in [1.54, 1.807) is 6.20 Å². The molecule has 1 aliphatic heterocycles. The lowest BCUT2D eigenvalue weighted by Crippen LogP contribution is -2.25. The molecule has 0 saturated heterocycles. The van der Waals surface area contributed by atoms with E-state index >= 15 is 0 Å². The maximum absolute atomic E-state index is 6.16. The average Bonchev–Trinajstić information content (AvgIpc) is 3.28. The Balaban J connectivity index is 1.36. The highest BCUT2D eigenvalue weighted by Gasteiger charge is 2.20. The molecule has 0 bridgehead atoms. The summed E-state index contributed by atoms with van der Waals surface area (Å²) in [5.41, 5.74) is 1.99. The number of hydrogen-bond acceptors (Lipinski definition) is 5. The largest absolute Gasteiger partial charge is 0.459 e. The van der Waals surface area contributed by atoms with E-state index in [9.17, 15) is 0 Å². The number of rotatable bonds is 6. The summed E-state index contributed by atoms with van der Waals surface area (Å²) >= 11 is 0. The van der Waals surface area contributed by atoms with Gasteiger partial charge in [-0.3, -0.25) is 4.98 Å². The third kappa shape index (κ3) is 3.80. The van der Waals surface area contributed by atoms with E-state index < -0.39 is 0 Å². The Morgan fingerprint density at radius 1 is 1.07 bits per heavy atom. The summed E-state index contributed by atoms with van der Waals surface area (Å²) in [4.78, 5) is 4.30. The molecular weight excluding hydrogens is 362 g/mol. The molecule has 3 aromatic heterocycles. The number of furan rings is 1. The van der Waals surface area contributed by atoms with E-state index in [1.807, 2.05) is 30.5 Å². The second-order valence-corrected chi connectivity index (χ2v) is 7.60. The Morgan fingerprint density at radius 3 is 2.93 bits per heavy atom. The van der Waals surface area contributed by atoms with E-state index in [0.717, 1.165) is 59.9 Å². The lowest BCUT2D eigenvalue weighted by Gasteiger charge is -2.17. The fourth-order valence-electron chi connectivity index (χ4n) is 4.13. The quantitative estimate of drug-likeness (QED) is 0.540. The molecule has 0 spiro atoms. The SMILES string of the molecule is c1cncc([C@@H](NCCc2nnc3n2CCCCC3)c2cc3ccccc3o2)c1. The highest BCUT2D eigenvalue weighted by Crippen LogP contribution is 2.28. The summed E-state index contributed by atoms with van der Waals surface area (Å²) in [5.74, 6) is 3.11. The molecule has 0 aliphatic carbocycles. The van der Waals surface area contributed by atoms with Gasteiger partial charge in [0.15, 0.2) is 0 Å². The summed E-state index contributed by atoms with van der Waals surface area (Å²) in [5, 5.41) is 13.6. The van der Waals surface area contributed by atoms with E-state index in [4.69, 9.17) is 4.42 Å². The van der Waals surface area contributed by atoms with Crippen molar-refractivity contribution in [3.8, 4) is 0 Å². The second-order valence-electron chi connectivity index (χ2n) is 7.60. The van der Waals surface area contributed by atoms with Gasteiger partial charge in [0, 0.05) is 43.7 Å². The van der Waals surface area contributed by atoms with Crippen LogP contribution in [0, 0.1) is 0 Å². The predicted molar refractivity (Wildman–Crippen MR) is 112 cm³/mol.